The summed E-state index contributed by atoms with van der Waals surface area (Å²) in [5.41, 5.74) is 1.57. The molecule has 0 atom stereocenters. The quantitative estimate of drug-likeness (QED) is 0.435. The fourth-order valence-electron chi connectivity index (χ4n) is 2.47. The van der Waals surface area contributed by atoms with E-state index >= 15 is 0 Å². The van der Waals surface area contributed by atoms with Gasteiger partial charge in [-0.2, -0.15) is 5.10 Å². The van der Waals surface area contributed by atoms with E-state index in [4.69, 9.17) is 11.6 Å². The highest BCUT2D eigenvalue weighted by atomic mass is 79.9. The van der Waals surface area contributed by atoms with E-state index in [9.17, 15) is 4.79 Å². The van der Waals surface area contributed by atoms with Crippen LogP contribution in [0.25, 0.3) is 5.65 Å². The molecule has 0 saturated heterocycles. The minimum Gasteiger partial charge on any atom is -0.320 e. The number of carbonyl (C=O) groups is 1. The lowest BCUT2D eigenvalue weighted by Gasteiger charge is -2.10. The van der Waals surface area contributed by atoms with E-state index in [0.29, 0.717) is 20.8 Å². The molecule has 0 fully saturated rings. The summed E-state index contributed by atoms with van der Waals surface area (Å²) in [6.45, 7) is 0. The molecular formula is C19H12BrClN4OS. The number of aromatic nitrogens is 3. The molecule has 0 unspecified atom stereocenters. The summed E-state index contributed by atoms with van der Waals surface area (Å²) < 4.78 is 2.12. The molecular weight excluding hydrogens is 448 g/mol. The Bertz CT molecular complexity index is 1130. The third-order valence-electron chi connectivity index (χ3n) is 3.73. The van der Waals surface area contributed by atoms with Crippen LogP contribution in [0.5, 0.6) is 0 Å². The van der Waals surface area contributed by atoms with E-state index in [-0.39, 0.29) is 11.6 Å². The van der Waals surface area contributed by atoms with Gasteiger partial charge in [-0.25, -0.2) is 9.50 Å². The summed E-state index contributed by atoms with van der Waals surface area (Å²) in [6.07, 6.45) is 3.40. The lowest BCUT2D eigenvalue weighted by molar-refractivity contribution is 0.102. The number of hydrogen-bond donors (Lipinski definition) is 1. The maximum Gasteiger partial charge on any atom is 0.277 e. The fraction of sp³-hybridized carbons (Fsp3) is 0. The van der Waals surface area contributed by atoms with Gasteiger partial charge in [-0.3, -0.25) is 4.79 Å². The highest BCUT2D eigenvalue weighted by Gasteiger charge is 2.19. The molecule has 1 amide bonds. The summed E-state index contributed by atoms with van der Waals surface area (Å²) >= 11 is 10.9. The Morgan fingerprint density at radius 1 is 1.11 bits per heavy atom. The van der Waals surface area contributed by atoms with Gasteiger partial charge in [-0.1, -0.05) is 35.5 Å². The number of nitrogens with one attached hydrogen (secondary N) is 1. The van der Waals surface area contributed by atoms with Crippen molar-refractivity contribution < 1.29 is 4.79 Å². The van der Waals surface area contributed by atoms with Crippen LogP contribution in [0, 0.1) is 0 Å². The number of nitrogens with zero attached hydrogens (tertiary/aromatic N) is 3. The number of halogens is 2. The highest BCUT2D eigenvalue weighted by molar-refractivity contribution is 9.10. The van der Waals surface area contributed by atoms with Gasteiger partial charge in [-0.05, 0) is 58.4 Å². The Kier molecular flexibility index (Phi) is 5.15. The molecule has 2 aromatic heterocycles. The van der Waals surface area contributed by atoms with Gasteiger partial charge in [-0.15, -0.1) is 0 Å². The number of benzene rings is 2. The molecule has 0 saturated carbocycles. The minimum atomic E-state index is -0.309. The number of hydrogen-bond acceptors (Lipinski definition) is 4. The molecule has 8 heteroatoms. The average molecular weight is 460 g/mol. The van der Waals surface area contributed by atoms with Gasteiger partial charge >= 0.3 is 0 Å². The highest BCUT2D eigenvalue weighted by Crippen LogP contribution is 2.34. The Morgan fingerprint density at radius 3 is 2.67 bits per heavy atom. The molecule has 0 aliphatic rings. The molecule has 2 heterocycles. The van der Waals surface area contributed by atoms with Crippen molar-refractivity contribution in [2.75, 3.05) is 5.32 Å². The molecule has 0 aliphatic heterocycles. The lowest BCUT2D eigenvalue weighted by atomic mass is 10.3. The second-order valence-electron chi connectivity index (χ2n) is 5.56. The zero-order valence-electron chi connectivity index (χ0n) is 13.8. The van der Waals surface area contributed by atoms with E-state index in [1.165, 1.54) is 0 Å². The van der Waals surface area contributed by atoms with E-state index in [1.54, 1.807) is 34.7 Å². The van der Waals surface area contributed by atoms with Gasteiger partial charge in [0.15, 0.2) is 11.3 Å². The van der Waals surface area contributed by atoms with Crippen molar-refractivity contribution in [3.05, 3.63) is 82.2 Å². The topological polar surface area (TPSA) is 59.3 Å². The van der Waals surface area contributed by atoms with Gasteiger partial charge in [0.1, 0.15) is 0 Å². The maximum absolute atomic E-state index is 12.8. The van der Waals surface area contributed by atoms with Crippen LogP contribution in [0.1, 0.15) is 10.5 Å². The summed E-state index contributed by atoms with van der Waals surface area (Å²) in [6, 6.07) is 16.9. The Hall–Kier alpha value is -2.35. The van der Waals surface area contributed by atoms with E-state index in [2.05, 4.69) is 31.3 Å². The second-order valence-corrected chi connectivity index (χ2v) is 7.90. The normalized spacial score (nSPS) is 10.9. The lowest BCUT2D eigenvalue weighted by Crippen LogP contribution is -2.13. The van der Waals surface area contributed by atoms with Gasteiger partial charge in [0.2, 0.25) is 0 Å². The summed E-state index contributed by atoms with van der Waals surface area (Å²) in [7, 11) is 0. The van der Waals surface area contributed by atoms with Gasteiger partial charge in [0.25, 0.3) is 5.91 Å². The average Bonchev–Trinajstić information content (AvgIpc) is 3.02. The van der Waals surface area contributed by atoms with Crippen LogP contribution in [0.15, 0.2) is 81.3 Å². The van der Waals surface area contributed by atoms with Gasteiger partial charge in [0.05, 0.1) is 10.2 Å². The van der Waals surface area contributed by atoms with Crippen molar-refractivity contribution in [1.82, 2.24) is 14.6 Å². The number of carbonyl (C=O) groups excluding carboxylic acids is 1. The van der Waals surface area contributed by atoms with Crippen LogP contribution in [0.3, 0.4) is 0 Å². The van der Waals surface area contributed by atoms with Crippen molar-refractivity contribution >= 4 is 56.5 Å². The minimum absolute atomic E-state index is 0.278. The first kappa shape index (κ1) is 18.0. The molecule has 0 spiro atoms. The number of fused-ring (bicyclic) bond motifs is 1. The Labute approximate surface area is 172 Å². The van der Waals surface area contributed by atoms with Crippen LogP contribution in [-0.2, 0) is 0 Å². The monoisotopic (exact) mass is 458 g/mol. The van der Waals surface area contributed by atoms with Crippen LogP contribution in [0.4, 0.5) is 5.69 Å². The van der Waals surface area contributed by atoms with E-state index in [1.807, 2.05) is 48.5 Å². The predicted octanol–water partition coefficient (Wildman–Crippen LogP) is 5.55. The molecule has 5 nitrogen and oxygen atoms in total. The predicted molar refractivity (Wildman–Crippen MR) is 111 cm³/mol. The van der Waals surface area contributed by atoms with Crippen LogP contribution in [0.2, 0.25) is 5.02 Å². The third kappa shape index (κ3) is 3.85. The fourth-order valence-corrected chi connectivity index (χ4v) is 4.05. The van der Waals surface area contributed by atoms with Crippen LogP contribution >= 0.6 is 39.3 Å². The van der Waals surface area contributed by atoms with Crippen LogP contribution < -0.4 is 5.32 Å². The SMILES string of the molecule is O=C(Nc1ccccc1Sc1ccc(Cl)cc1)c1nn2cccnc2c1Br. The number of amides is 1. The van der Waals surface area contributed by atoms with E-state index < -0.39 is 0 Å². The molecule has 4 aromatic rings. The zero-order chi connectivity index (χ0) is 18.8. The molecule has 4 rings (SSSR count). The summed E-state index contributed by atoms with van der Waals surface area (Å²) in [4.78, 5) is 19.0. The molecule has 0 aliphatic carbocycles. The van der Waals surface area contributed by atoms with Crippen molar-refractivity contribution in [1.29, 1.82) is 0 Å². The molecule has 1 N–H and O–H groups in total. The second kappa shape index (κ2) is 7.72. The van der Waals surface area contributed by atoms with Crippen molar-refractivity contribution in [2.45, 2.75) is 9.79 Å². The Morgan fingerprint density at radius 2 is 1.89 bits per heavy atom. The molecule has 27 heavy (non-hydrogen) atoms. The van der Waals surface area contributed by atoms with Gasteiger partial charge in [0, 0.05) is 27.2 Å². The maximum atomic E-state index is 12.8. The van der Waals surface area contributed by atoms with E-state index in [0.717, 1.165) is 9.79 Å². The Balaban J connectivity index is 1.61. The first-order chi connectivity index (χ1) is 13.1. The summed E-state index contributed by atoms with van der Waals surface area (Å²) in [5, 5.41) is 7.93. The standard InChI is InChI=1S/C19H12BrClN4OS/c20-16-17(24-25-11-3-10-22-18(16)25)19(26)23-14-4-1-2-5-15(14)27-13-8-6-12(21)7-9-13/h1-11H,(H,23,26). The largest absolute Gasteiger partial charge is 0.320 e. The first-order valence-corrected chi connectivity index (χ1v) is 9.93. The van der Waals surface area contributed by atoms with Crippen molar-refractivity contribution in [3.63, 3.8) is 0 Å². The zero-order valence-corrected chi connectivity index (χ0v) is 16.9. The van der Waals surface area contributed by atoms with Crippen LogP contribution in [-0.4, -0.2) is 20.5 Å². The molecule has 134 valence electrons. The van der Waals surface area contributed by atoms with Crippen molar-refractivity contribution in [2.24, 2.45) is 0 Å². The summed E-state index contributed by atoms with van der Waals surface area (Å²) in [5.74, 6) is -0.309. The number of para-hydroxylation sites is 1. The molecule has 2 aromatic carbocycles. The number of rotatable bonds is 4. The van der Waals surface area contributed by atoms with Crippen molar-refractivity contribution in [3.8, 4) is 0 Å². The number of anilines is 1. The molecule has 0 bridgehead atoms. The smallest absolute Gasteiger partial charge is 0.277 e. The first-order valence-electron chi connectivity index (χ1n) is 7.94. The third-order valence-corrected chi connectivity index (χ3v) is 5.80. The molecule has 0 radical (unpaired) electrons. The van der Waals surface area contributed by atoms with Gasteiger partial charge < -0.3 is 5.32 Å².